The molecule has 0 unspecified atom stereocenters. The van der Waals surface area contributed by atoms with Crippen molar-refractivity contribution in [3.8, 4) is 0 Å². The number of hydrogen-bond acceptors (Lipinski definition) is 2. The molecule has 0 aliphatic rings. The van der Waals surface area contributed by atoms with E-state index in [-0.39, 0.29) is 0 Å². The molecule has 0 spiro atoms. The summed E-state index contributed by atoms with van der Waals surface area (Å²) < 4.78 is 0. The van der Waals surface area contributed by atoms with E-state index in [4.69, 9.17) is 12.2 Å². The van der Waals surface area contributed by atoms with Gasteiger partial charge >= 0.3 is 0 Å². The normalized spacial score (nSPS) is 9.69. The highest BCUT2D eigenvalue weighted by molar-refractivity contribution is 7.80. The third-order valence-electron chi connectivity index (χ3n) is 2.18. The van der Waals surface area contributed by atoms with Crippen molar-refractivity contribution in [1.82, 2.24) is 5.32 Å². The lowest BCUT2D eigenvalue weighted by Gasteiger charge is -2.14. The van der Waals surface area contributed by atoms with Gasteiger partial charge in [-0.2, -0.15) is 0 Å². The van der Waals surface area contributed by atoms with Crippen molar-refractivity contribution in [3.63, 3.8) is 0 Å². The molecule has 0 amide bonds. The molecule has 3 nitrogen and oxygen atoms in total. The highest BCUT2D eigenvalue weighted by Gasteiger charge is 1.98. The second-order valence-electron chi connectivity index (χ2n) is 3.82. The molecule has 0 bridgehead atoms. The fourth-order valence-corrected chi connectivity index (χ4v) is 1.48. The Morgan fingerprint density at radius 2 is 1.88 bits per heavy atom. The van der Waals surface area contributed by atoms with Crippen LogP contribution in [0.4, 0.5) is 11.4 Å². The number of nitrogens with zero attached hydrogens (tertiary/aromatic N) is 1. The van der Waals surface area contributed by atoms with E-state index in [1.165, 1.54) is 5.69 Å². The zero-order valence-electron chi connectivity index (χ0n) is 10.1. The molecule has 2 N–H and O–H groups in total. The van der Waals surface area contributed by atoms with Crippen molar-refractivity contribution < 1.29 is 0 Å². The van der Waals surface area contributed by atoms with Crippen molar-refractivity contribution in [2.45, 2.75) is 13.3 Å². The number of hydrogen-bond donors (Lipinski definition) is 2. The first-order valence-corrected chi connectivity index (χ1v) is 5.86. The second-order valence-corrected chi connectivity index (χ2v) is 4.23. The van der Waals surface area contributed by atoms with Crippen LogP contribution in [0, 0.1) is 0 Å². The minimum Gasteiger partial charge on any atom is -0.378 e. The third kappa shape index (κ3) is 4.06. The van der Waals surface area contributed by atoms with Crippen molar-refractivity contribution in [2.75, 3.05) is 30.9 Å². The van der Waals surface area contributed by atoms with Crippen LogP contribution in [0.3, 0.4) is 0 Å². The molecular formula is C12H19N3S. The first-order valence-electron chi connectivity index (χ1n) is 5.45. The van der Waals surface area contributed by atoms with Crippen LogP contribution in [0.2, 0.25) is 0 Å². The highest BCUT2D eigenvalue weighted by Crippen LogP contribution is 2.15. The van der Waals surface area contributed by atoms with Gasteiger partial charge in [-0.25, -0.2) is 0 Å². The van der Waals surface area contributed by atoms with Gasteiger partial charge in [0.15, 0.2) is 5.11 Å². The SMILES string of the molecule is CCCNC(=S)Nc1ccc(N(C)C)cc1. The third-order valence-corrected chi connectivity index (χ3v) is 2.42. The van der Waals surface area contributed by atoms with Gasteiger partial charge < -0.3 is 15.5 Å². The van der Waals surface area contributed by atoms with E-state index >= 15 is 0 Å². The monoisotopic (exact) mass is 237 g/mol. The lowest BCUT2D eigenvalue weighted by atomic mass is 10.2. The van der Waals surface area contributed by atoms with Crippen molar-refractivity contribution in [2.24, 2.45) is 0 Å². The Kier molecular flexibility index (Phi) is 5.05. The average Bonchev–Trinajstić information content (AvgIpc) is 2.27. The van der Waals surface area contributed by atoms with Crippen LogP contribution in [-0.2, 0) is 0 Å². The van der Waals surface area contributed by atoms with Crippen LogP contribution in [0.15, 0.2) is 24.3 Å². The molecule has 4 heteroatoms. The Balaban J connectivity index is 2.51. The van der Waals surface area contributed by atoms with Gasteiger partial charge in [-0.15, -0.1) is 0 Å². The topological polar surface area (TPSA) is 27.3 Å². The predicted molar refractivity (Wildman–Crippen MR) is 75.3 cm³/mol. The first kappa shape index (κ1) is 12.8. The zero-order valence-corrected chi connectivity index (χ0v) is 10.9. The summed E-state index contributed by atoms with van der Waals surface area (Å²) in [5.74, 6) is 0. The Morgan fingerprint density at radius 3 is 2.38 bits per heavy atom. The smallest absolute Gasteiger partial charge is 0.170 e. The summed E-state index contributed by atoms with van der Waals surface area (Å²) in [5, 5.41) is 6.95. The molecular weight excluding hydrogens is 218 g/mol. The Hall–Kier alpha value is -1.29. The van der Waals surface area contributed by atoms with E-state index in [9.17, 15) is 0 Å². The van der Waals surface area contributed by atoms with Crippen LogP contribution >= 0.6 is 12.2 Å². The quantitative estimate of drug-likeness (QED) is 0.787. The molecule has 0 aliphatic heterocycles. The average molecular weight is 237 g/mol. The van der Waals surface area contributed by atoms with E-state index in [0.29, 0.717) is 5.11 Å². The molecule has 0 saturated heterocycles. The number of anilines is 2. The fraction of sp³-hybridized carbons (Fsp3) is 0.417. The maximum Gasteiger partial charge on any atom is 0.170 e. The van der Waals surface area contributed by atoms with Gasteiger partial charge in [0, 0.05) is 32.0 Å². The Labute approximate surface area is 103 Å². The highest BCUT2D eigenvalue weighted by atomic mass is 32.1. The van der Waals surface area contributed by atoms with E-state index in [1.54, 1.807) is 0 Å². The van der Waals surface area contributed by atoms with Crippen molar-refractivity contribution >= 4 is 28.7 Å². The summed E-state index contributed by atoms with van der Waals surface area (Å²) >= 11 is 5.15. The molecule has 0 atom stereocenters. The van der Waals surface area contributed by atoms with E-state index in [2.05, 4.69) is 34.6 Å². The summed E-state index contributed by atoms with van der Waals surface area (Å²) in [6.45, 7) is 3.02. The van der Waals surface area contributed by atoms with Gasteiger partial charge in [0.1, 0.15) is 0 Å². The van der Waals surface area contributed by atoms with Crippen LogP contribution in [0.1, 0.15) is 13.3 Å². The number of benzene rings is 1. The van der Waals surface area contributed by atoms with Gasteiger partial charge in [-0.05, 0) is 42.9 Å². The summed E-state index contributed by atoms with van der Waals surface area (Å²) in [4.78, 5) is 2.07. The molecule has 0 aromatic heterocycles. The molecule has 0 fully saturated rings. The molecule has 0 saturated carbocycles. The molecule has 1 aromatic rings. The molecule has 0 heterocycles. The van der Waals surface area contributed by atoms with Gasteiger partial charge in [0.2, 0.25) is 0 Å². The van der Waals surface area contributed by atoms with Crippen LogP contribution in [0.25, 0.3) is 0 Å². The molecule has 1 rings (SSSR count). The molecule has 0 radical (unpaired) electrons. The molecule has 0 aliphatic carbocycles. The number of nitrogens with one attached hydrogen (secondary N) is 2. The standard InChI is InChI=1S/C12H19N3S/c1-4-9-13-12(16)14-10-5-7-11(8-6-10)15(2)3/h5-8H,4,9H2,1-3H3,(H2,13,14,16). The van der Waals surface area contributed by atoms with Crippen LogP contribution < -0.4 is 15.5 Å². The van der Waals surface area contributed by atoms with E-state index < -0.39 is 0 Å². The zero-order chi connectivity index (χ0) is 12.0. The maximum atomic E-state index is 5.15. The summed E-state index contributed by atoms with van der Waals surface area (Å²) in [6, 6.07) is 8.17. The second kappa shape index (κ2) is 6.33. The molecule has 1 aromatic carbocycles. The fourth-order valence-electron chi connectivity index (χ4n) is 1.26. The molecule has 16 heavy (non-hydrogen) atoms. The van der Waals surface area contributed by atoms with Gasteiger partial charge in [0.05, 0.1) is 0 Å². The largest absolute Gasteiger partial charge is 0.378 e. The minimum atomic E-state index is 0.680. The summed E-state index contributed by atoms with van der Waals surface area (Å²) in [7, 11) is 4.05. The maximum absolute atomic E-state index is 5.15. The first-order chi connectivity index (χ1) is 7.63. The lowest BCUT2D eigenvalue weighted by Crippen LogP contribution is -2.28. The van der Waals surface area contributed by atoms with E-state index in [0.717, 1.165) is 18.7 Å². The van der Waals surface area contributed by atoms with Crippen LogP contribution in [0.5, 0.6) is 0 Å². The van der Waals surface area contributed by atoms with Gasteiger partial charge in [0.25, 0.3) is 0 Å². The predicted octanol–water partition coefficient (Wildman–Crippen LogP) is 2.45. The van der Waals surface area contributed by atoms with Gasteiger partial charge in [-0.3, -0.25) is 0 Å². The van der Waals surface area contributed by atoms with Crippen molar-refractivity contribution in [1.29, 1.82) is 0 Å². The minimum absolute atomic E-state index is 0.680. The Morgan fingerprint density at radius 1 is 1.25 bits per heavy atom. The van der Waals surface area contributed by atoms with E-state index in [1.807, 2.05) is 26.2 Å². The summed E-state index contributed by atoms with van der Waals surface area (Å²) in [6.07, 6.45) is 1.07. The Bertz CT molecular complexity index is 333. The lowest BCUT2D eigenvalue weighted by molar-refractivity contribution is 0.846. The number of rotatable bonds is 4. The van der Waals surface area contributed by atoms with Gasteiger partial charge in [-0.1, -0.05) is 6.92 Å². The van der Waals surface area contributed by atoms with Crippen LogP contribution in [-0.4, -0.2) is 25.8 Å². The summed E-state index contributed by atoms with van der Waals surface area (Å²) in [5.41, 5.74) is 2.19. The molecule has 88 valence electrons. The number of thiocarbonyl (C=S) groups is 1. The van der Waals surface area contributed by atoms with Crippen molar-refractivity contribution in [3.05, 3.63) is 24.3 Å².